The summed E-state index contributed by atoms with van der Waals surface area (Å²) in [7, 11) is 0. The van der Waals surface area contributed by atoms with E-state index in [2.05, 4.69) is 25.6 Å². The van der Waals surface area contributed by atoms with Crippen LogP contribution in [0.25, 0.3) is 0 Å². The first kappa shape index (κ1) is 21.2. The topological polar surface area (TPSA) is 144 Å². The van der Waals surface area contributed by atoms with Crippen LogP contribution in [-0.2, 0) is 4.74 Å². The highest BCUT2D eigenvalue weighted by Crippen LogP contribution is 2.26. The first-order chi connectivity index (χ1) is 15.0. The Hall–Kier alpha value is -3.05. The number of carbonyl (C=O) groups is 1. The van der Waals surface area contributed by atoms with Gasteiger partial charge in [-0.25, -0.2) is 19.3 Å². The predicted molar refractivity (Wildman–Crippen MR) is 115 cm³/mol. The Labute approximate surface area is 179 Å². The molecule has 1 amide bonds. The fourth-order valence-electron chi connectivity index (χ4n) is 3.84. The molecule has 0 spiro atoms. The Morgan fingerprint density at radius 3 is 2.55 bits per heavy atom. The van der Waals surface area contributed by atoms with Crippen molar-refractivity contribution in [3.8, 4) is 0 Å². The number of nitrogens with zero attached hydrogens (tertiary/aromatic N) is 4. The maximum atomic E-state index is 14.6. The Kier molecular flexibility index (Phi) is 6.42. The molecule has 31 heavy (non-hydrogen) atoms. The van der Waals surface area contributed by atoms with Gasteiger partial charge in [0.2, 0.25) is 5.95 Å². The number of halogens is 1. The zero-order valence-electron chi connectivity index (χ0n) is 17.2. The van der Waals surface area contributed by atoms with Crippen LogP contribution in [0.2, 0.25) is 0 Å². The van der Waals surface area contributed by atoms with Crippen molar-refractivity contribution >= 4 is 29.2 Å². The van der Waals surface area contributed by atoms with E-state index in [1.54, 1.807) is 12.4 Å². The van der Waals surface area contributed by atoms with Crippen LogP contribution >= 0.6 is 0 Å². The number of amides is 1. The number of rotatable bonds is 6. The summed E-state index contributed by atoms with van der Waals surface area (Å²) < 4.78 is 20.0. The van der Waals surface area contributed by atoms with Gasteiger partial charge in [-0.15, -0.1) is 0 Å². The van der Waals surface area contributed by atoms with Crippen molar-refractivity contribution in [1.29, 1.82) is 0 Å². The molecular formula is C20H27FN8O2. The van der Waals surface area contributed by atoms with Gasteiger partial charge >= 0.3 is 0 Å². The van der Waals surface area contributed by atoms with Crippen LogP contribution in [-0.4, -0.2) is 59.2 Å². The molecule has 4 rings (SSSR count). The molecule has 3 heterocycles. The van der Waals surface area contributed by atoms with Crippen molar-refractivity contribution in [3.05, 3.63) is 29.8 Å². The van der Waals surface area contributed by atoms with Crippen molar-refractivity contribution < 1.29 is 13.9 Å². The van der Waals surface area contributed by atoms with Crippen LogP contribution in [0.3, 0.4) is 0 Å². The van der Waals surface area contributed by atoms with Crippen LogP contribution in [0.1, 0.15) is 36.0 Å². The van der Waals surface area contributed by atoms with Crippen molar-refractivity contribution in [2.45, 2.75) is 37.8 Å². The summed E-state index contributed by atoms with van der Waals surface area (Å²) in [4.78, 5) is 26.9. The fraction of sp³-hybridized carbons (Fsp3) is 0.500. The first-order valence-electron chi connectivity index (χ1n) is 10.5. The van der Waals surface area contributed by atoms with Crippen LogP contribution < -0.4 is 27.0 Å². The molecule has 1 unspecified atom stereocenters. The fourth-order valence-corrected chi connectivity index (χ4v) is 3.84. The number of nitrogens with two attached hydrogens (primary N) is 2. The average molecular weight is 430 g/mol. The summed E-state index contributed by atoms with van der Waals surface area (Å²) in [5.74, 6) is -0.703. The van der Waals surface area contributed by atoms with E-state index in [0.29, 0.717) is 24.8 Å². The van der Waals surface area contributed by atoms with E-state index in [9.17, 15) is 9.18 Å². The molecule has 1 saturated heterocycles. The monoisotopic (exact) mass is 430 g/mol. The Morgan fingerprint density at radius 1 is 1.16 bits per heavy atom. The molecule has 2 aliphatic rings. The number of pyridine rings is 1. The Balaban J connectivity index is 1.55. The van der Waals surface area contributed by atoms with Gasteiger partial charge in [-0.05, 0) is 18.9 Å². The summed E-state index contributed by atoms with van der Waals surface area (Å²) in [6.45, 7) is 2.70. The minimum absolute atomic E-state index is 0.0284. The predicted octanol–water partition coefficient (Wildman–Crippen LogP) is 1.37. The highest BCUT2D eigenvalue weighted by Gasteiger charge is 2.24. The van der Waals surface area contributed by atoms with Gasteiger partial charge in [0, 0.05) is 25.2 Å². The number of hydrogen-bond acceptors (Lipinski definition) is 9. The van der Waals surface area contributed by atoms with Crippen molar-refractivity contribution in [3.63, 3.8) is 0 Å². The molecule has 2 aromatic heterocycles. The largest absolute Gasteiger partial charge is 0.378 e. The second kappa shape index (κ2) is 9.40. The maximum absolute atomic E-state index is 14.6. The number of anilines is 4. The van der Waals surface area contributed by atoms with Gasteiger partial charge in [0.1, 0.15) is 5.82 Å². The molecule has 1 saturated carbocycles. The summed E-state index contributed by atoms with van der Waals surface area (Å²) in [5, 5.41) is 6.07. The van der Waals surface area contributed by atoms with Crippen LogP contribution in [0, 0.1) is 5.82 Å². The summed E-state index contributed by atoms with van der Waals surface area (Å²) in [5.41, 5.74) is 12.0. The van der Waals surface area contributed by atoms with Crippen LogP contribution in [0.4, 0.5) is 27.7 Å². The lowest BCUT2D eigenvalue weighted by atomic mass is 9.91. The molecule has 2 fully saturated rings. The molecule has 166 valence electrons. The lowest BCUT2D eigenvalue weighted by molar-refractivity contribution is 0.100. The van der Waals surface area contributed by atoms with Crippen molar-refractivity contribution in [2.75, 3.05) is 41.8 Å². The molecule has 0 bridgehead atoms. The maximum Gasteiger partial charge on any atom is 0.252 e. The SMILES string of the molecule is NC(=O)c1cc(F)c(NC2CCCC[C@@H]2N)nc1Nc1cnc(N2CCOCC2)nc1. The summed E-state index contributed by atoms with van der Waals surface area (Å²) in [6, 6.07) is 0.916. The van der Waals surface area contributed by atoms with Crippen LogP contribution in [0.15, 0.2) is 18.5 Å². The molecule has 1 aliphatic carbocycles. The number of aromatic nitrogens is 3. The molecular weight excluding hydrogens is 403 g/mol. The van der Waals surface area contributed by atoms with Gasteiger partial charge in [0.25, 0.3) is 5.91 Å². The molecule has 11 heteroatoms. The third-order valence-electron chi connectivity index (χ3n) is 5.58. The Morgan fingerprint density at radius 2 is 1.87 bits per heavy atom. The molecule has 1 aliphatic heterocycles. The van der Waals surface area contributed by atoms with E-state index < -0.39 is 11.7 Å². The van der Waals surface area contributed by atoms with Gasteiger partial charge in [-0.3, -0.25) is 4.79 Å². The zero-order valence-corrected chi connectivity index (χ0v) is 17.2. The van der Waals surface area contributed by atoms with Crippen molar-refractivity contribution in [2.24, 2.45) is 11.5 Å². The van der Waals surface area contributed by atoms with Gasteiger partial charge < -0.3 is 31.7 Å². The smallest absolute Gasteiger partial charge is 0.252 e. The number of ether oxygens (including phenoxy) is 1. The number of morpholine rings is 1. The number of primary amides is 1. The lowest BCUT2D eigenvalue weighted by Gasteiger charge is -2.30. The number of hydrogen-bond donors (Lipinski definition) is 4. The third-order valence-corrected chi connectivity index (χ3v) is 5.58. The molecule has 10 nitrogen and oxygen atoms in total. The molecule has 0 aromatic carbocycles. The summed E-state index contributed by atoms with van der Waals surface area (Å²) >= 11 is 0. The van der Waals surface area contributed by atoms with Crippen LogP contribution in [0.5, 0.6) is 0 Å². The Bertz CT molecular complexity index is 920. The van der Waals surface area contributed by atoms with Gasteiger partial charge in [-0.2, -0.15) is 0 Å². The minimum Gasteiger partial charge on any atom is -0.378 e. The van der Waals surface area contributed by atoms with Gasteiger partial charge in [-0.1, -0.05) is 12.8 Å². The average Bonchev–Trinajstić information content (AvgIpc) is 2.78. The van der Waals surface area contributed by atoms with E-state index in [1.165, 1.54) is 0 Å². The third kappa shape index (κ3) is 5.00. The van der Waals surface area contributed by atoms with Gasteiger partial charge in [0.15, 0.2) is 11.6 Å². The summed E-state index contributed by atoms with van der Waals surface area (Å²) in [6.07, 6.45) is 6.94. The lowest BCUT2D eigenvalue weighted by Crippen LogP contribution is -2.43. The first-order valence-corrected chi connectivity index (χ1v) is 10.5. The van der Waals surface area contributed by atoms with E-state index in [1.807, 2.05) is 4.90 Å². The van der Waals surface area contributed by atoms with E-state index in [-0.39, 0.29) is 29.3 Å². The van der Waals surface area contributed by atoms with Crippen molar-refractivity contribution in [1.82, 2.24) is 15.0 Å². The standard InChI is InChI=1S/C20H27FN8O2/c21-14-9-13(17(23)30)18(28-19(14)27-16-4-2-1-3-15(16)22)26-12-10-24-20(25-11-12)29-5-7-31-8-6-29/h9-11,15-16H,1-8,22H2,(H2,23,30)(H2,26,27,28)/t15-,16?/m0/s1. The van der Waals surface area contributed by atoms with E-state index in [4.69, 9.17) is 16.2 Å². The van der Waals surface area contributed by atoms with Gasteiger partial charge in [0.05, 0.1) is 36.9 Å². The minimum atomic E-state index is -0.791. The highest BCUT2D eigenvalue weighted by molar-refractivity contribution is 5.98. The van der Waals surface area contributed by atoms with E-state index >= 15 is 0 Å². The second-order valence-corrected chi connectivity index (χ2v) is 7.77. The van der Waals surface area contributed by atoms with E-state index in [0.717, 1.165) is 44.8 Å². The quantitative estimate of drug-likeness (QED) is 0.534. The zero-order chi connectivity index (χ0) is 21.8. The second-order valence-electron chi connectivity index (χ2n) is 7.77. The molecule has 0 radical (unpaired) electrons. The molecule has 2 aromatic rings. The molecule has 2 atom stereocenters. The normalized spacial score (nSPS) is 21.5. The molecule has 6 N–H and O–H groups in total. The number of nitrogens with one attached hydrogen (secondary N) is 2. The highest BCUT2D eigenvalue weighted by atomic mass is 19.1. The number of carbonyl (C=O) groups excluding carboxylic acids is 1.